The number of fused-ring (bicyclic) bond motifs is 1. The average molecular weight is 401 g/mol. The summed E-state index contributed by atoms with van der Waals surface area (Å²) in [5, 5.41) is 15.5. The van der Waals surface area contributed by atoms with Crippen LogP contribution >= 0.6 is 11.3 Å². The number of aromatic hydroxyl groups is 1. The van der Waals surface area contributed by atoms with Crippen LogP contribution < -0.4 is 4.74 Å². The van der Waals surface area contributed by atoms with Crippen molar-refractivity contribution in [2.45, 2.75) is 39.7 Å². The molecule has 1 aliphatic rings. The number of aryl methyl sites for hydroxylation is 1. The van der Waals surface area contributed by atoms with Crippen molar-refractivity contribution in [3.63, 3.8) is 0 Å². The first-order valence-electron chi connectivity index (χ1n) is 9.95. The van der Waals surface area contributed by atoms with Crippen molar-refractivity contribution >= 4 is 16.3 Å². The van der Waals surface area contributed by atoms with Crippen molar-refractivity contribution in [1.82, 2.24) is 19.5 Å². The Bertz CT molecular complexity index is 957. The maximum absolute atomic E-state index is 11.0. The molecule has 1 saturated heterocycles. The van der Waals surface area contributed by atoms with E-state index < -0.39 is 0 Å². The number of piperidine rings is 1. The van der Waals surface area contributed by atoms with E-state index in [1.807, 2.05) is 19.1 Å². The Kier molecular flexibility index (Phi) is 5.29. The predicted octanol–water partition coefficient (Wildman–Crippen LogP) is 4.13. The van der Waals surface area contributed by atoms with Crippen LogP contribution in [0.4, 0.5) is 0 Å². The average Bonchev–Trinajstić information content (AvgIpc) is 3.21. The van der Waals surface area contributed by atoms with E-state index in [1.54, 1.807) is 11.6 Å². The van der Waals surface area contributed by atoms with Gasteiger partial charge in [0.2, 0.25) is 10.8 Å². The van der Waals surface area contributed by atoms with E-state index in [-0.39, 0.29) is 11.9 Å². The lowest BCUT2D eigenvalue weighted by atomic mass is 9.89. The minimum absolute atomic E-state index is 0.0427. The molecule has 6 nitrogen and oxygen atoms in total. The minimum atomic E-state index is -0.0427. The highest BCUT2D eigenvalue weighted by molar-refractivity contribution is 7.17. The first kappa shape index (κ1) is 19.2. The lowest BCUT2D eigenvalue weighted by Gasteiger charge is -2.40. The Hall–Kier alpha value is -2.12. The third kappa shape index (κ3) is 3.49. The largest absolute Gasteiger partial charge is 0.497 e. The van der Waals surface area contributed by atoms with Gasteiger partial charge in [0.25, 0.3) is 0 Å². The molecule has 0 radical (unpaired) electrons. The van der Waals surface area contributed by atoms with Crippen LogP contribution in [-0.2, 0) is 6.42 Å². The summed E-state index contributed by atoms with van der Waals surface area (Å²) >= 11 is 1.53. The fourth-order valence-corrected chi connectivity index (χ4v) is 5.52. The van der Waals surface area contributed by atoms with Crippen molar-refractivity contribution in [2.24, 2.45) is 11.8 Å². The van der Waals surface area contributed by atoms with Gasteiger partial charge in [-0.15, -0.1) is 5.10 Å². The monoisotopic (exact) mass is 400 g/mol. The number of benzene rings is 1. The molecular formula is C21H28N4O2S. The van der Waals surface area contributed by atoms with Crippen LogP contribution in [-0.4, -0.2) is 44.8 Å². The van der Waals surface area contributed by atoms with Gasteiger partial charge >= 0.3 is 0 Å². The second-order valence-corrected chi connectivity index (χ2v) is 8.95. The summed E-state index contributed by atoms with van der Waals surface area (Å²) < 4.78 is 7.05. The molecule has 7 heteroatoms. The third-order valence-electron chi connectivity index (χ3n) is 5.48. The number of hydrogen-bond donors (Lipinski definition) is 1. The van der Waals surface area contributed by atoms with E-state index in [4.69, 9.17) is 4.74 Å². The van der Waals surface area contributed by atoms with Gasteiger partial charge in [0.15, 0.2) is 5.82 Å². The third-order valence-corrected chi connectivity index (χ3v) is 6.55. The van der Waals surface area contributed by atoms with E-state index in [0.717, 1.165) is 46.5 Å². The Balaban J connectivity index is 1.82. The van der Waals surface area contributed by atoms with Crippen LogP contribution in [0.3, 0.4) is 0 Å². The van der Waals surface area contributed by atoms with Gasteiger partial charge < -0.3 is 9.84 Å². The molecule has 0 aliphatic carbocycles. The Morgan fingerprint density at radius 3 is 2.68 bits per heavy atom. The zero-order valence-electron chi connectivity index (χ0n) is 16.9. The lowest BCUT2D eigenvalue weighted by Crippen LogP contribution is -2.41. The van der Waals surface area contributed by atoms with Gasteiger partial charge in [-0.3, -0.25) is 4.90 Å². The molecule has 2 aromatic heterocycles. The zero-order chi connectivity index (χ0) is 19.8. The molecule has 4 rings (SSSR count). The maximum Gasteiger partial charge on any atom is 0.230 e. The van der Waals surface area contributed by atoms with E-state index in [2.05, 4.69) is 41.0 Å². The first-order valence-corrected chi connectivity index (χ1v) is 10.8. The predicted molar refractivity (Wildman–Crippen MR) is 111 cm³/mol. The van der Waals surface area contributed by atoms with Crippen molar-refractivity contribution in [3.8, 4) is 11.6 Å². The molecule has 1 fully saturated rings. The summed E-state index contributed by atoms with van der Waals surface area (Å²) in [5.41, 5.74) is 1.12. The molecule has 3 atom stereocenters. The normalized spacial score (nSPS) is 21.9. The van der Waals surface area contributed by atoms with Gasteiger partial charge in [0.05, 0.1) is 18.0 Å². The number of rotatable bonds is 5. The summed E-state index contributed by atoms with van der Waals surface area (Å²) in [6, 6.07) is 8.11. The molecule has 0 unspecified atom stereocenters. The van der Waals surface area contributed by atoms with E-state index in [1.165, 1.54) is 17.8 Å². The maximum atomic E-state index is 11.0. The molecule has 0 amide bonds. The summed E-state index contributed by atoms with van der Waals surface area (Å²) in [4.78, 5) is 8.69. The highest BCUT2D eigenvalue weighted by Crippen LogP contribution is 2.42. The van der Waals surface area contributed by atoms with Crippen LogP contribution in [0, 0.1) is 11.8 Å². The van der Waals surface area contributed by atoms with Gasteiger partial charge in [0.1, 0.15) is 5.75 Å². The van der Waals surface area contributed by atoms with Gasteiger partial charge in [-0.2, -0.15) is 4.52 Å². The highest BCUT2D eigenvalue weighted by Gasteiger charge is 2.33. The minimum Gasteiger partial charge on any atom is -0.497 e. The van der Waals surface area contributed by atoms with E-state index in [0.29, 0.717) is 11.8 Å². The summed E-state index contributed by atoms with van der Waals surface area (Å²) in [7, 11) is 1.69. The molecule has 3 aromatic rings. The second kappa shape index (κ2) is 7.72. The Labute approximate surface area is 169 Å². The smallest absolute Gasteiger partial charge is 0.230 e. The number of hydrogen-bond acceptors (Lipinski definition) is 6. The zero-order valence-corrected chi connectivity index (χ0v) is 17.7. The summed E-state index contributed by atoms with van der Waals surface area (Å²) in [6.07, 6.45) is 1.99. The fraction of sp³-hybridized carbons (Fsp3) is 0.524. The van der Waals surface area contributed by atoms with Crippen molar-refractivity contribution in [3.05, 3.63) is 40.5 Å². The van der Waals surface area contributed by atoms with E-state index in [9.17, 15) is 5.11 Å². The van der Waals surface area contributed by atoms with Crippen molar-refractivity contribution < 1.29 is 9.84 Å². The molecule has 1 aliphatic heterocycles. The fourth-order valence-electron chi connectivity index (χ4n) is 4.38. The van der Waals surface area contributed by atoms with Crippen LogP contribution in [0.15, 0.2) is 24.3 Å². The molecule has 3 heterocycles. The van der Waals surface area contributed by atoms with Gasteiger partial charge in [-0.1, -0.05) is 44.2 Å². The van der Waals surface area contributed by atoms with Gasteiger partial charge in [-0.25, -0.2) is 4.98 Å². The topological polar surface area (TPSA) is 62.9 Å². The number of aromatic nitrogens is 3. The van der Waals surface area contributed by atoms with Gasteiger partial charge in [-0.05, 0) is 36.0 Å². The Morgan fingerprint density at radius 1 is 1.29 bits per heavy atom. The molecule has 28 heavy (non-hydrogen) atoms. The molecular weight excluding hydrogens is 372 g/mol. The standard InChI is InChI=1S/C21H28N4O2S/c1-5-17-22-21-25(23-17)20(26)19(28-21)18(15-7-6-8-16(10-15)27-4)24-11-13(2)9-14(3)12-24/h6-8,10,13-14,18,26H,5,9,11-12H2,1-4H3/t13-,14+,18-/m1/s1. The summed E-state index contributed by atoms with van der Waals surface area (Å²) in [6.45, 7) is 8.63. The molecule has 150 valence electrons. The number of thiazole rings is 1. The molecule has 0 bridgehead atoms. The SMILES string of the molecule is CCc1nc2sc([C@@H](c3cccc(OC)c3)N3C[C@H](C)C[C@H](C)C3)c(O)n2n1. The molecule has 0 spiro atoms. The van der Waals surface area contributed by atoms with Gasteiger partial charge in [0, 0.05) is 19.5 Å². The van der Waals surface area contributed by atoms with E-state index >= 15 is 0 Å². The van der Waals surface area contributed by atoms with Crippen molar-refractivity contribution in [2.75, 3.05) is 20.2 Å². The number of methoxy groups -OCH3 is 1. The van der Waals surface area contributed by atoms with Crippen LogP contribution in [0.25, 0.3) is 4.96 Å². The number of ether oxygens (including phenoxy) is 1. The lowest BCUT2D eigenvalue weighted by molar-refractivity contribution is 0.111. The number of likely N-dealkylation sites (tertiary alicyclic amines) is 1. The van der Waals surface area contributed by atoms with Crippen molar-refractivity contribution in [1.29, 1.82) is 0 Å². The molecule has 0 saturated carbocycles. The quantitative estimate of drug-likeness (QED) is 0.698. The van der Waals surface area contributed by atoms with Crippen LogP contribution in [0.2, 0.25) is 0 Å². The molecule has 1 N–H and O–H groups in total. The number of nitrogens with zero attached hydrogens (tertiary/aromatic N) is 4. The second-order valence-electron chi connectivity index (χ2n) is 7.94. The Morgan fingerprint density at radius 2 is 2.04 bits per heavy atom. The first-order chi connectivity index (χ1) is 13.5. The highest BCUT2D eigenvalue weighted by atomic mass is 32.1. The van der Waals surface area contributed by atoms with Crippen LogP contribution in [0.1, 0.15) is 49.5 Å². The molecule has 1 aromatic carbocycles. The van der Waals surface area contributed by atoms with Crippen LogP contribution in [0.5, 0.6) is 11.6 Å². The summed E-state index contributed by atoms with van der Waals surface area (Å²) in [5.74, 6) is 3.02.